The van der Waals surface area contributed by atoms with Crippen LogP contribution in [0.3, 0.4) is 0 Å². The number of hydrogen-bond acceptors (Lipinski definition) is 6. The highest BCUT2D eigenvalue weighted by Crippen LogP contribution is 2.14. The van der Waals surface area contributed by atoms with Crippen LogP contribution in [0.4, 0.5) is 5.69 Å². The van der Waals surface area contributed by atoms with E-state index < -0.39 is 0 Å². The third-order valence-electron chi connectivity index (χ3n) is 2.83. The predicted octanol–water partition coefficient (Wildman–Crippen LogP) is 0.945. The molecule has 0 bridgehead atoms. The van der Waals surface area contributed by atoms with Gasteiger partial charge in [0, 0.05) is 24.2 Å². The molecule has 0 saturated heterocycles. The molecule has 1 heterocycles. The summed E-state index contributed by atoms with van der Waals surface area (Å²) in [4.78, 5) is 16.1. The van der Waals surface area contributed by atoms with Crippen molar-refractivity contribution in [3.8, 4) is 0 Å². The summed E-state index contributed by atoms with van der Waals surface area (Å²) in [5, 5.41) is 6.50. The van der Waals surface area contributed by atoms with Gasteiger partial charge in [0.2, 0.25) is 5.89 Å². The number of hydrazine groups is 1. The van der Waals surface area contributed by atoms with E-state index in [4.69, 9.17) is 10.4 Å². The van der Waals surface area contributed by atoms with Gasteiger partial charge in [0.1, 0.15) is 0 Å². The van der Waals surface area contributed by atoms with Crippen LogP contribution >= 0.6 is 0 Å². The number of carbonyl (C=O) groups is 1. The predicted molar refractivity (Wildman–Crippen MR) is 74.1 cm³/mol. The summed E-state index contributed by atoms with van der Waals surface area (Å²) in [6.07, 6.45) is 0.508. The molecule has 20 heavy (non-hydrogen) atoms. The van der Waals surface area contributed by atoms with Crippen LogP contribution in [0, 0.1) is 13.8 Å². The summed E-state index contributed by atoms with van der Waals surface area (Å²) >= 11 is 0. The van der Waals surface area contributed by atoms with E-state index in [0.717, 1.165) is 11.3 Å². The average Bonchev–Trinajstić information content (AvgIpc) is 2.84. The molecular formula is C13H17N5O2. The van der Waals surface area contributed by atoms with Crippen molar-refractivity contribution in [3.05, 3.63) is 41.0 Å². The molecule has 7 heteroatoms. The van der Waals surface area contributed by atoms with Crippen LogP contribution < -0.4 is 16.6 Å². The first-order valence-corrected chi connectivity index (χ1v) is 6.25. The molecule has 2 aromatic rings. The van der Waals surface area contributed by atoms with Gasteiger partial charge in [-0.05, 0) is 37.6 Å². The van der Waals surface area contributed by atoms with Crippen LogP contribution in [-0.2, 0) is 6.42 Å². The molecule has 0 spiro atoms. The minimum Gasteiger partial charge on any atom is -0.352 e. The third-order valence-corrected chi connectivity index (χ3v) is 2.83. The highest BCUT2D eigenvalue weighted by atomic mass is 16.5. The zero-order valence-electron chi connectivity index (χ0n) is 11.4. The summed E-state index contributed by atoms with van der Waals surface area (Å²) in [6.45, 7) is 4.05. The first-order valence-electron chi connectivity index (χ1n) is 6.25. The molecule has 7 nitrogen and oxygen atoms in total. The molecule has 0 fully saturated rings. The second kappa shape index (κ2) is 6.16. The van der Waals surface area contributed by atoms with Crippen LogP contribution in [0.1, 0.15) is 27.6 Å². The van der Waals surface area contributed by atoms with Crippen molar-refractivity contribution in [1.29, 1.82) is 0 Å². The number of carbonyl (C=O) groups excluding carboxylic acids is 1. The number of aromatic nitrogens is 2. The Labute approximate surface area is 116 Å². The zero-order valence-corrected chi connectivity index (χ0v) is 11.4. The first-order chi connectivity index (χ1) is 9.60. The van der Waals surface area contributed by atoms with Crippen LogP contribution in [0.25, 0.3) is 0 Å². The number of amides is 1. The van der Waals surface area contributed by atoms with E-state index in [9.17, 15) is 4.79 Å². The Balaban J connectivity index is 1.91. The number of aryl methyl sites for hydroxylation is 2. The molecule has 0 aliphatic heterocycles. The zero-order chi connectivity index (χ0) is 14.5. The number of nitrogens with two attached hydrogens (primary N) is 1. The van der Waals surface area contributed by atoms with E-state index >= 15 is 0 Å². The lowest BCUT2D eigenvalue weighted by Gasteiger charge is -2.08. The van der Waals surface area contributed by atoms with Gasteiger partial charge >= 0.3 is 0 Å². The molecule has 4 N–H and O–H groups in total. The molecular weight excluding hydrogens is 258 g/mol. The molecule has 0 saturated carbocycles. The van der Waals surface area contributed by atoms with Gasteiger partial charge in [0.25, 0.3) is 5.91 Å². The molecule has 0 unspecified atom stereocenters. The van der Waals surface area contributed by atoms with Gasteiger partial charge in [0.15, 0.2) is 5.82 Å². The standard InChI is InChI=1S/C13H17N5O2/c1-8-7-10(17-14)3-4-11(8)13(19)15-6-5-12-16-9(2)18-20-12/h3-4,7,17H,5-6,14H2,1-2H3,(H,15,19). The lowest BCUT2D eigenvalue weighted by molar-refractivity contribution is 0.0953. The fourth-order valence-corrected chi connectivity index (χ4v) is 1.83. The summed E-state index contributed by atoms with van der Waals surface area (Å²) in [5.41, 5.74) is 4.78. The van der Waals surface area contributed by atoms with Crippen LogP contribution in [0.5, 0.6) is 0 Å². The summed E-state index contributed by atoms with van der Waals surface area (Å²) in [5.74, 6) is 6.29. The van der Waals surface area contributed by atoms with Crippen molar-refractivity contribution >= 4 is 11.6 Å². The fourth-order valence-electron chi connectivity index (χ4n) is 1.83. The molecule has 1 aromatic carbocycles. The number of rotatable bonds is 5. The molecule has 0 aliphatic carbocycles. The van der Waals surface area contributed by atoms with Crippen LogP contribution in [-0.4, -0.2) is 22.6 Å². The molecule has 106 valence electrons. The Morgan fingerprint density at radius 1 is 1.40 bits per heavy atom. The quantitative estimate of drug-likeness (QED) is 0.554. The monoisotopic (exact) mass is 275 g/mol. The maximum absolute atomic E-state index is 12.0. The second-order valence-electron chi connectivity index (χ2n) is 4.42. The molecule has 0 aliphatic rings. The number of nitrogens with zero attached hydrogens (tertiary/aromatic N) is 2. The third kappa shape index (κ3) is 3.33. The Bertz CT molecular complexity index is 609. The van der Waals surface area contributed by atoms with E-state index in [2.05, 4.69) is 20.9 Å². The minimum atomic E-state index is -0.137. The van der Waals surface area contributed by atoms with Gasteiger partial charge in [-0.3, -0.25) is 10.6 Å². The van der Waals surface area contributed by atoms with Crippen molar-refractivity contribution in [2.45, 2.75) is 20.3 Å². The second-order valence-corrected chi connectivity index (χ2v) is 4.42. The van der Waals surface area contributed by atoms with Gasteiger partial charge in [-0.25, -0.2) is 0 Å². The average molecular weight is 275 g/mol. The first kappa shape index (κ1) is 14.0. The number of benzene rings is 1. The Hall–Kier alpha value is -2.41. The van der Waals surface area contributed by atoms with Crippen LogP contribution in [0.2, 0.25) is 0 Å². The molecule has 0 atom stereocenters. The van der Waals surface area contributed by atoms with E-state index in [0.29, 0.717) is 30.2 Å². The van der Waals surface area contributed by atoms with Crippen molar-refractivity contribution in [2.24, 2.45) is 5.84 Å². The maximum Gasteiger partial charge on any atom is 0.251 e. The maximum atomic E-state index is 12.0. The van der Waals surface area contributed by atoms with Crippen molar-refractivity contribution in [1.82, 2.24) is 15.5 Å². The SMILES string of the molecule is Cc1noc(CCNC(=O)c2ccc(NN)cc2C)n1. The van der Waals surface area contributed by atoms with E-state index in [1.54, 1.807) is 19.1 Å². The highest BCUT2D eigenvalue weighted by Gasteiger charge is 2.10. The van der Waals surface area contributed by atoms with Crippen molar-refractivity contribution in [3.63, 3.8) is 0 Å². The van der Waals surface area contributed by atoms with E-state index in [1.807, 2.05) is 13.0 Å². The Morgan fingerprint density at radius 3 is 2.80 bits per heavy atom. The van der Waals surface area contributed by atoms with E-state index in [1.165, 1.54) is 0 Å². The normalized spacial score (nSPS) is 10.3. The summed E-state index contributed by atoms with van der Waals surface area (Å²) in [7, 11) is 0. The lowest BCUT2D eigenvalue weighted by atomic mass is 10.1. The highest BCUT2D eigenvalue weighted by molar-refractivity contribution is 5.96. The van der Waals surface area contributed by atoms with Gasteiger partial charge in [-0.15, -0.1) is 0 Å². The van der Waals surface area contributed by atoms with E-state index in [-0.39, 0.29) is 5.91 Å². The molecule has 0 radical (unpaired) electrons. The van der Waals surface area contributed by atoms with Crippen LogP contribution in [0.15, 0.2) is 22.7 Å². The number of hydrogen-bond donors (Lipinski definition) is 3. The molecule has 1 amide bonds. The minimum absolute atomic E-state index is 0.137. The number of anilines is 1. The number of nitrogen functional groups attached to an aromatic ring is 1. The van der Waals surface area contributed by atoms with Gasteiger partial charge in [0.05, 0.1) is 0 Å². The summed E-state index contributed by atoms with van der Waals surface area (Å²) in [6, 6.07) is 5.30. The Kier molecular flexibility index (Phi) is 4.31. The Morgan fingerprint density at radius 2 is 2.20 bits per heavy atom. The van der Waals surface area contributed by atoms with Crippen molar-refractivity contribution < 1.29 is 9.32 Å². The topological polar surface area (TPSA) is 106 Å². The van der Waals surface area contributed by atoms with Crippen molar-refractivity contribution in [2.75, 3.05) is 12.0 Å². The van der Waals surface area contributed by atoms with Gasteiger partial charge in [-0.1, -0.05) is 5.16 Å². The van der Waals surface area contributed by atoms with Gasteiger partial charge in [-0.2, -0.15) is 4.98 Å². The largest absolute Gasteiger partial charge is 0.352 e. The molecule has 2 rings (SSSR count). The fraction of sp³-hybridized carbons (Fsp3) is 0.308. The smallest absolute Gasteiger partial charge is 0.251 e. The number of nitrogens with one attached hydrogen (secondary N) is 2. The molecule has 1 aromatic heterocycles. The summed E-state index contributed by atoms with van der Waals surface area (Å²) < 4.78 is 4.97. The lowest BCUT2D eigenvalue weighted by Crippen LogP contribution is -2.26. The van der Waals surface area contributed by atoms with Gasteiger partial charge < -0.3 is 15.3 Å².